The van der Waals surface area contributed by atoms with Gasteiger partial charge in [0.15, 0.2) is 36.6 Å². The van der Waals surface area contributed by atoms with Crippen molar-refractivity contribution < 1.29 is 165 Å². The molecule has 6 aliphatic rings. The monoisotopic (exact) mass is 1460 g/mol. The van der Waals surface area contributed by atoms with Crippen LogP contribution in [-0.4, -0.2) is 205 Å². The average Bonchev–Trinajstić information content (AvgIpc) is 1.50. The molecule has 6 rings (SSSR count). The minimum atomic E-state index is -1.90. The molecule has 0 aromatic carbocycles. The van der Waals surface area contributed by atoms with Crippen molar-refractivity contribution in [2.45, 2.75) is 203 Å². The zero-order chi connectivity index (χ0) is 68.2. The molecule has 2 saturated carbocycles. The van der Waals surface area contributed by atoms with Gasteiger partial charge in [-0.1, -0.05) is 45.7 Å². The van der Waals surface area contributed by atoms with E-state index in [1.807, 2.05) is 0 Å². The van der Waals surface area contributed by atoms with Gasteiger partial charge in [-0.05, 0) is 24.7 Å². The number of carbonyl (C=O) groups is 14. The van der Waals surface area contributed by atoms with Gasteiger partial charge in [-0.25, -0.2) is 19.2 Å². The summed E-state index contributed by atoms with van der Waals surface area (Å²) in [6.45, 7) is 14.2. The van der Waals surface area contributed by atoms with E-state index >= 15 is 0 Å². The fourth-order valence-electron chi connectivity index (χ4n) is 12.8. The van der Waals surface area contributed by atoms with Crippen molar-refractivity contribution in [1.29, 1.82) is 0 Å². The molecule has 34 heteroatoms. The van der Waals surface area contributed by atoms with E-state index in [0.29, 0.717) is 0 Å². The summed E-state index contributed by atoms with van der Waals surface area (Å²) in [5.41, 5.74) is 0. The first kappa shape index (κ1) is 76.3. The molecule has 90 heavy (non-hydrogen) atoms. The Balaban J connectivity index is 0.000000374. The first-order valence-corrected chi connectivity index (χ1v) is 31.0. The summed E-state index contributed by atoms with van der Waals surface area (Å²) in [6.07, 6.45) is -16.5. The molecule has 0 aromatic heterocycles. The molecule has 6 fully saturated rings. The number of cyclic esters (lactones) is 2. The zero-order valence-corrected chi connectivity index (χ0v) is 58.0. The standard InChI is InChI=1S/2C28H37BrO15.O.Zn/c2*1-11-18(39-13(3)31)8-17-22(11)19(44-27(36)28(17,29)26(35)37-7)9-20-23(40-14(4)32)25(42-16(6)34)24(41-15(5)33)21(43-20)10-38-12(2)30;;/h2*11,17-25H,8-10H2,1-7H3;;/t2*11?,17-,18?,19?,20?,21?,22+,23+,24+,25+,28?;;/m00../s1. The second-order valence-electron chi connectivity index (χ2n) is 22.1. The van der Waals surface area contributed by atoms with E-state index in [1.54, 1.807) is 13.8 Å². The molecule has 0 amide bonds. The number of rotatable bonds is 18. The third-order valence-electron chi connectivity index (χ3n) is 16.0. The summed E-state index contributed by atoms with van der Waals surface area (Å²) in [7, 11) is 2.25. The van der Waals surface area contributed by atoms with E-state index in [9.17, 15) is 67.1 Å². The van der Waals surface area contributed by atoms with E-state index in [2.05, 4.69) is 31.9 Å². The zero-order valence-electron chi connectivity index (χ0n) is 51.9. The Kier molecular flexibility index (Phi) is 27.9. The molecule has 4 heterocycles. The van der Waals surface area contributed by atoms with Crippen LogP contribution < -0.4 is 0 Å². The van der Waals surface area contributed by atoms with Gasteiger partial charge in [-0.3, -0.25) is 47.9 Å². The summed E-state index contributed by atoms with van der Waals surface area (Å²) in [5.74, 6) is -14.4. The van der Waals surface area contributed by atoms with Crippen molar-refractivity contribution in [2.75, 3.05) is 27.4 Å². The van der Waals surface area contributed by atoms with Crippen LogP contribution in [0, 0.1) is 35.5 Å². The van der Waals surface area contributed by atoms with Crippen LogP contribution in [0.15, 0.2) is 0 Å². The van der Waals surface area contributed by atoms with Gasteiger partial charge in [0, 0.05) is 106 Å². The van der Waals surface area contributed by atoms with Crippen LogP contribution in [0.5, 0.6) is 0 Å². The molecule has 22 atom stereocenters. The number of halogens is 2. The third kappa shape index (κ3) is 18.1. The first-order chi connectivity index (χ1) is 42.0. The first-order valence-electron chi connectivity index (χ1n) is 28.2. The van der Waals surface area contributed by atoms with Gasteiger partial charge in [-0.2, -0.15) is 0 Å². The van der Waals surface area contributed by atoms with Gasteiger partial charge in [0.05, 0.1) is 14.2 Å². The molecule has 12 unspecified atom stereocenters. The molecule has 500 valence electrons. The Morgan fingerprint density at radius 2 is 0.667 bits per heavy atom. The Labute approximate surface area is 543 Å². The number of esters is 14. The van der Waals surface area contributed by atoms with Gasteiger partial charge < -0.3 is 75.8 Å². The molecule has 4 saturated heterocycles. The number of alkyl halides is 2. The number of hydrogen-bond donors (Lipinski definition) is 0. The van der Waals surface area contributed by atoms with Crippen LogP contribution >= 0.6 is 31.9 Å². The second-order valence-corrected chi connectivity index (χ2v) is 24.6. The predicted molar refractivity (Wildman–Crippen MR) is 294 cm³/mol. The normalized spacial score (nSPS) is 35.4. The number of fused-ring (bicyclic) bond motifs is 2. The Hall–Kier alpha value is -6.12. The summed E-state index contributed by atoms with van der Waals surface area (Å²) in [6, 6.07) is 0. The molecule has 2 aliphatic carbocycles. The maximum absolute atomic E-state index is 13.4. The number of carbonyl (C=O) groups excluding carboxylic acids is 14. The number of ether oxygens (including phenoxy) is 16. The van der Waals surface area contributed by atoms with Crippen molar-refractivity contribution in [1.82, 2.24) is 0 Å². The van der Waals surface area contributed by atoms with Crippen molar-refractivity contribution in [3.05, 3.63) is 0 Å². The van der Waals surface area contributed by atoms with E-state index < -0.39 is 226 Å². The Morgan fingerprint density at radius 3 is 0.911 bits per heavy atom. The Bertz CT molecular complexity index is 2550. The number of methoxy groups -OCH3 is 2. The third-order valence-corrected chi connectivity index (χ3v) is 18.5. The molecule has 4 aliphatic heterocycles. The van der Waals surface area contributed by atoms with Crippen LogP contribution in [0.2, 0.25) is 0 Å². The molecule has 0 aromatic rings. The molecule has 0 N–H and O–H groups in total. The van der Waals surface area contributed by atoms with E-state index in [1.165, 1.54) is 13.8 Å². The average molecular weight is 1470 g/mol. The summed E-state index contributed by atoms with van der Waals surface area (Å²) in [5, 5.41) is 0. The minimum absolute atomic E-state index is 0.121. The molecular formula is C56H74Br2O31Zn. The SMILES string of the molecule is COC(=O)C1(Br)C(=O)OC(CC2OC(COC(C)=O)[C@@H](OC(C)=O)[C@H](OC(C)=O)[C@@H]2OC(C)=O)[C@@H]2C(C)C(OC(C)=O)C[C@@H]21.COC(=O)C1(Br)C(=O)OC(CC2OC(COC(C)=O)[C@@H](OC(C)=O)[C@H](OC(C)=O)[C@@H]2OC(C)=O)[C@@H]2C(C)C(OC(C)=O)C[C@@H]21.[O]=[Zn]. The summed E-state index contributed by atoms with van der Waals surface area (Å²) in [4.78, 5) is 173. The van der Waals surface area contributed by atoms with Crippen LogP contribution in [-0.2, 0) is 165 Å². The molecular weight excluding hydrogens is 1390 g/mol. The van der Waals surface area contributed by atoms with E-state index in [4.69, 9.17) is 79.4 Å². The van der Waals surface area contributed by atoms with Crippen LogP contribution in [0.1, 0.15) is 109 Å². The topological polar surface area (TPSA) is 404 Å². The summed E-state index contributed by atoms with van der Waals surface area (Å²) >= 11 is 6.68. The molecule has 0 spiro atoms. The maximum atomic E-state index is 13.4. The quantitative estimate of drug-likeness (QED) is 0.0620. The molecule has 31 nitrogen and oxygen atoms in total. The fourth-order valence-corrected chi connectivity index (χ4v) is 14.3. The van der Waals surface area contributed by atoms with Crippen molar-refractivity contribution >= 4 is 115 Å². The van der Waals surface area contributed by atoms with E-state index in [-0.39, 0.29) is 43.9 Å². The second kappa shape index (κ2) is 32.9. The van der Waals surface area contributed by atoms with Crippen molar-refractivity contribution in [3.8, 4) is 0 Å². The van der Waals surface area contributed by atoms with Crippen LogP contribution in [0.3, 0.4) is 0 Å². The fraction of sp³-hybridized carbons (Fsp3) is 0.750. The van der Waals surface area contributed by atoms with Crippen LogP contribution in [0.4, 0.5) is 0 Å². The van der Waals surface area contributed by atoms with Crippen molar-refractivity contribution in [3.63, 3.8) is 0 Å². The van der Waals surface area contributed by atoms with Crippen molar-refractivity contribution in [2.24, 2.45) is 35.5 Å². The van der Waals surface area contributed by atoms with Gasteiger partial charge in [0.25, 0.3) is 0 Å². The molecule has 0 radical (unpaired) electrons. The Morgan fingerprint density at radius 1 is 0.411 bits per heavy atom. The van der Waals surface area contributed by atoms with E-state index in [0.717, 1.165) is 69.6 Å². The summed E-state index contributed by atoms with van der Waals surface area (Å²) < 4.78 is 92.7. The molecule has 0 bridgehead atoms. The van der Waals surface area contributed by atoms with Gasteiger partial charge in [0.1, 0.15) is 62.0 Å². The van der Waals surface area contributed by atoms with Gasteiger partial charge >= 0.3 is 105 Å². The van der Waals surface area contributed by atoms with Gasteiger partial charge in [0.2, 0.25) is 8.65 Å². The predicted octanol–water partition coefficient (Wildman–Crippen LogP) is 1.75. The van der Waals surface area contributed by atoms with Gasteiger partial charge in [-0.15, -0.1) is 0 Å². The number of hydrogen-bond acceptors (Lipinski definition) is 31. The van der Waals surface area contributed by atoms with Crippen LogP contribution in [0.25, 0.3) is 0 Å².